The van der Waals surface area contributed by atoms with Gasteiger partial charge in [-0.1, -0.05) is 12.1 Å². The lowest BCUT2D eigenvalue weighted by atomic mass is 9.78. The predicted octanol–water partition coefficient (Wildman–Crippen LogP) is 4.35. The van der Waals surface area contributed by atoms with Crippen molar-refractivity contribution in [1.29, 1.82) is 0 Å². The molecule has 2 aromatic rings. The van der Waals surface area contributed by atoms with E-state index in [9.17, 15) is 9.18 Å². The Balaban J connectivity index is 1.72. The van der Waals surface area contributed by atoms with E-state index in [4.69, 9.17) is 19.9 Å². The van der Waals surface area contributed by atoms with Crippen LogP contribution >= 0.6 is 0 Å². The van der Waals surface area contributed by atoms with Gasteiger partial charge >= 0.3 is 6.03 Å². The molecule has 0 saturated heterocycles. The highest BCUT2D eigenvalue weighted by Crippen LogP contribution is 2.42. The fourth-order valence-corrected chi connectivity index (χ4v) is 3.92. The Labute approximate surface area is 176 Å². The minimum Gasteiger partial charge on any atom is -0.489 e. The number of primary amides is 1. The lowest BCUT2D eigenvalue weighted by Gasteiger charge is -2.39. The van der Waals surface area contributed by atoms with E-state index in [2.05, 4.69) is 0 Å². The molecule has 0 bridgehead atoms. The molecule has 162 valence electrons. The zero-order valence-corrected chi connectivity index (χ0v) is 17.7. The molecule has 3 rings (SSSR count). The smallest absolute Gasteiger partial charge is 0.318 e. The first-order valence-corrected chi connectivity index (χ1v) is 10.0. The van der Waals surface area contributed by atoms with E-state index >= 15 is 0 Å². The van der Waals surface area contributed by atoms with Crippen LogP contribution in [0, 0.1) is 5.82 Å². The van der Waals surface area contributed by atoms with Crippen LogP contribution in [0.2, 0.25) is 0 Å². The van der Waals surface area contributed by atoms with Crippen molar-refractivity contribution in [3.8, 4) is 5.75 Å². The number of carbonyl (C=O) groups is 1. The van der Waals surface area contributed by atoms with Gasteiger partial charge in [-0.25, -0.2) is 9.18 Å². The number of nitrogens with two attached hydrogens (primary N) is 1. The number of benzene rings is 2. The Kier molecular flexibility index (Phi) is 6.95. The summed E-state index contributed by atoms with van der Waals surface area (Å²) in [6.45, 7) is 0.273. The Morgan fingerprint density at radius 2 is 1.83 bits per heavy atom. The highest BCUT2D eigenvalue weighted by molar-refractivity contribution is 5.89. The molecule has 1 saturated carbocycles. The maximum Gasteiger partial charge on any atom is 0.318 e. The zero-order valence-electron chi connectivity index (χ0n) is 17.7. The van der Waals surface area contributed by atoms with Gasteiger partial charge in [-0.15, -0.1) is 0 Å². The van der Waals surface area contributed by atoms with Gasteiger partial charge in [-0.3, -0.25) is 4.90 Å². The molecule has 2 aromatic carbocycles. The summed E-state index contributed by atoms with van der Waals surface area (Å²) in [6.07, 6.45) is 3.47. The third-order valence-electron chi connectivity index (χ3n) is 5.92. The summed E-state index contributed by atoms with van der Waals surface area (Å²) in [5.41, 5.74) is 7.11. The largest absolute Gasteiger partial charge is 0.489 e. The minimum atomic E-state index is -0.532. The molecule has 1 aliphatic carbocycles. The number of urea groups is 1. The summed E-state index contributed by atoms with van der Waals surface area (Å²) >= 11 is 0. The Morgan fingerprint density at radius 1 is 1.17 bits per heavy atom. The average Bonchev–Trinajstić information content (AvgIpc) is 2.77. The van der Waals surface area contributed by atoms with Crippen molar-refractivity contribution in [3.05, 3.63) is 59.4 Å². The first-order chi connectivity index (χ1) is 14.4. The number of methoxy groups -OCH3 is 2. The minimum absolute atomic E-state index is 0.217. The van der Waals surface area contributed by atoms with E-state index in [1.807, 2.05) is 18.2 Å². The Bertz CT molecular complexity index is 864. The van der Waals surface area contributed by atoms with E-state index in [0.29, 0.717) is 11.4 Å². The maximum atomic E-state index is 14.4. The molecule has 0 spiro atoms. The number of ether oxygens (including phenoxy) is 3. The molecular weight excluding hydrogens is 387 g/mol. The summed E-state index contributed by atoms with van der Waals surface area (Å²) in [5, 5.41) is 0. The van der Waals surface area contributed by atoms with Crippen molar-refractivity contribution in [2.45, 2.75) is 44.0 Å². The van der Waals surface area contributed by atoms with E-state index < -0.39 is 11.6 Å². The van der Waals surface area contributed by atoms with Crippen LogP contribution in [-0.2, 0) is 21.7 Å². The maximum absolute atomic E-state index is 14.4. The molecular formula is C23H29FN2O4. The molecule has 1 aliphatic rings. The van der Waals surface area contributed by atoms with Crippen LogP contribution in [0.5, 0.6) is 5.75 Å². The summed E-state index contributed by atoms with van der Waals surface area (Å²) in [4.78, 5) is 12.6. The fraction of sp³-hybridized carbons (Fsp3) is 0.435. The molecule has 30 heavy (non-hydrogen) atoms. The Morgan fingerprint density at radius 3 is 2.40 bits per heavy atom. The van der Waals surface area contributed by atoms with Crippen LogP contribution in [0.3, 0.4) is 0 Å². The summed E-state index contributed by atoms with van der Waals surface area (Å²) < 4.78 is 31.5. The molecule has 0 aromatic heterocycles. The third kappa shape index (κ3) is 4.91. The SMILES string of the molecule is CO[C@H]1CC[C@](OC)(c2cc(F)cc(OCc3ccc(N(C)C(N)=O)cc3)c2)CC1. The quantitative estimate of drug-likeness (QED) is 0.728. The van der Waals surface area contributed by atoms with Gasteiger partial charge in [0.1, 0.15) is 18.2 Å². The monoisotopic (exact) mass is 416 g/mol. The van der Waals surface area contributed by atoms with E-state index in [0.717, 1.165) is 36.8 Å². The van der Waals surface area contributed by atoms with Crippen LogP contribution in [-0.4, -0.2) is 33.4 Å². The zero-order chi connectivity index (χ0) is 21.7. The van der Waals surface area contributed by atoms with E-state index in [1.165, 1.54) is 17.0 Å². The first kappa shape index (κ1) is 22.1. The van der Waals surface area contributed by atoms with E-state index in [1.54, 1.807) is 33.4 Å². The van der Waals surface area contributed by atoms with Crippen LogP contribution in [0.4, 0.5) is 14.9 Å². The van der Waals surface area contributed by atoms with Gasteiger partial charge in [0.05, 0.1) is 11.7 Å². The van der Waals surface area contributed by atoms with Gasteiger partial charge in [0.15, 0.2) is 0 Å². The molecule has 6 nitrogen and oxygen atoms in total. The average molecular weight is 416 g/mol. The molecule has 0 unspecified atom stereocenters. The first-order valence-electron chi connectivity index (χ1n) is 10.0. The lowest BCUT2D eigenvalue weighted by molar-refractivity contribution is -0.0764. The number of hydrogen-bond acceptors (Lipinski definition) is 4. The standard InChI is InChI=1S/C23H29FN2O4/c1-26(22(25)27)19-6-4-16(5-7-19)15-30-21-13-17(12-18(24)14-21)23(29-3)10-8-20(28-2)9-11-23/h4-7,12-14,20H,8-11,15H2,1-3H3,(H2,25,27)/t20-,23+. The molecule has 7 heteroatoms. The summed E-state index contributed by atoms with van der Waals surface area (Å²) in [6, 6.07) is 11.5. The van der Waals surface area contributed by atoms with Gasteiger partial charge in [-0.2, -0.15) is 0 Å². The van der Waals surface area contributed by atoms with Crippen LogP contribution in [0.15, 0.2) is 42.5 Å². The molecule has 0 atom stereocenters. The number of rotatable bonds is 7. The second-order valence-corrected chi connectivity index (χ2v) is 7.66. The number of amides is 2. The molecule has 1 fully saturated rings. The third-order valence-corrected chi connectivity index (χ3v) is 5.92. The number of anilines is 1. The Hall–Kier alpha value is -2.64. The van der Waals surface area contributed by atoms with Crippen molar-refractivity contribution in [2.75, 3.05) is 26.2 Å². The number of hydrogen-bond donors (Lipinski definition) is 1. The fourth-order valence-electron chi connectivity index (χ4n) is 3.92. The summed E-state index contributed by atoms with van der Waals surface area (Å²) in [5.74, 6) is 0.0971. The predicted molar refractivity (Wildman–Crippen MR) is 113 cm³/mol. The van der Waals surface area contributed by atoms with Crippen LogP contribution < -0.4 is 15.4 Å². The van der Waals surface area contributed by atoms with Crippen molar-refractivity contribution in [3.63, 3.8) is 0 Å². The molecule has 0 aliphatic heterocycles. The van der Waals surface area contributed by atoms with Crippen molar-refractivity contribution in [2.24, 2.45) is 5.73 Å². The molecule has 2 amide bonds. The lowest BCUT2D eigenvalue weighted by Crippen LogP contribution is -2.36. The van der Waals surface area contributed by atoms with Gasteiger partial charge in [0.25, 0.3) is 0 Å². The number of nitrogens with zero attached hydrogens (tertiary/aromatic N) is 1. The topological polar surface area (TPSA) is 74.0 Å². The van der Waals surface area contributed by atoms with Crippen molar-refractivity contribution >= 4 is 11.7 Å². The van der Waals surface area contributed by atoms with Crippen molar-refractivity contribution < 1.29 is 23.4 Å². The summed E-state index contributed by atoms with van der Waals surface area (Å²) in [7, 11) is 4.99. The molecule has 2 N–H and O–H groups in total. The number of carbonyl (C=O) groups excluding carboxylic acids is 1. The van der Waals surface area contributed by atoms with Crippen LogP contribution in [0.25, 0.3) is 0 Å². The second-order valence-electron chi connectivity index (χ2n) is 7.66. The second kappa shape index (κ2) is 9.45. The van der Waals surface area contributed by atoms with E-state index in [-0.39, 0.29) is 18.5 Å². The van der Waals surface area contributed by atoms with Gasteiger partial charge in [-0.05, 0) is 61.1 Å². The van der Waals surface area contributed by atoms with Gasteiger partial charge in [0, 0.05) is 33.0 Å². The van der Waals surface area contributed by atoms with Crippen LogP contribution in [0.1, 0.15) is 36.8 Å². The van der Waals surface area contributed by atoms with Gasteiger partial charge < -0.3 is 19.9 Å². The van der Waals surface area contributed by atoms with Gasteiger partial charge in [0.2, 0.25) is 0 Å². The highest BCUT2D eigenvalue weighted by atomic mass is 19.1. The number of halogens is 1. The highest BCUT2D eigenvalue weighted by Gasteiger charge is 2.37. The molecule has 0 heterocycles. The normalized spacial score (nSPS) is 21.3. The molecule has 0 radical (unpaired) electrons. The van der Waals surface area contributed by atoms with Crippen molar-refractivity contribution in [1.82, 2.24) is 0 Å².